The first kappa shape index (κ1) is 21.1. The third-order valence-electron chi connectivity index (χ3n) is 4.28. The summed E-state index contributed by atoms with van der Waals surface area (Å²) in [6.45, 7) is -0.612. The molecule has 1 aromatic carbocycles. The van der Waals surface area contributed by atoms with E-state index in [1.165, 1.54) is 24.3 Å². The highest BCUT2D eigenvalue weighted by Crippen LogP contribution is 2.32. The van der Waals surface area contributed by atoms with Crippen molar-refractivity contribution in [1.29, 1.82) is 0 Å². The number of halogens is 4. The topological polar surface area (TPSA) is 111 Å². The summed E-state index contributed by atoms with van der Waals surface area (Å²) in [5.74, 6) is -0.765. The second kappa shape index (κ2) is 8.01. The molecule has 0 bridgehead atoms. The molecular weight excluding hydrogens is 421 g/mol. The number of alkyl halides is 3. The molecule has 1 saturated heterocycles. The Morgan fingerprint density at radius 2 is 1.97 bits per heavy atom. The fourth-order valence-electron chi connectivity index (χ4n) is 2.85. The van der Waals surface area contributed by atoms with Gasteiger partial charge in [0.15, 0.2) is 0 Å². The minimum absolute atomic E-state index is 0.162. The van der Waals surface area contributed by atoms with Crippen LogP contribution >= 0.6 is 11.6 Å². The van der Waals surface area contributed by atoms with E-state index in [1.54, 1.807) is 4.98 Å². The van der Waals surface area contributed by atoms with Crippen molar-refractivity contribution in [3.8, 4) is 0 Å². The molecule has 8 nitrogen and oxygen atoms in total. The zero-order valence-corrected chi connectivity index (χ0v) is 15.2. The van der Waals surface area contributed by atoms with Crippen LogP contribution in [0.2, 0.25) is 5.02 Å². The highest BCUT2D eigenvalue weighted by atomic mass is 35.5. The van der Waals surface area contributed by atoms with Crippen LogP contribution in [0.1, 0.15) is 28.6 Å². The van der Waals surface area contributed by atoms with E-state index in [0.29, 0.717) is 15.8 Å². The lowest BCUT2D eigenvalue weighted by molar-refractivity contribution is -0.139. The number of nitrogens with zero attached hydrogens (tertiary/aromatic N) is 1. The Kier molecular flexibility index (Phi) is 5.82. The number of aliphatic hydroxyl groups is 1. The van der Waals surface area contributed by atoms with Crippen LogP contribution in [-0.2, 0) is 15.7 Å². The molecule has 156 valence electrons. The van der Waals surface area contributed by atoms with E-state index in [1.807, 2.05) is 0 Å². The van der Waals surface area contributed by atoms with Gasteiger partial charge in [0, 0.05) is 17.6 Å². The van der Waals surface area contributed by atoms with Gasteiger partial charge in [-0.2, -0.15) is 13.2 Å². The molecule has 0 aliphatic carbocycles. The van der Waals surface area contributed by atoms with E-state index in [-0.39, 0.29) is 12.0 Å². The van der Waals surface area contributed by atoms with Gasteiger partial charge in [-0.3, -0.25) is 14.3 Å². The molecule has 0 saturated carbocycles. The Morgan fingerprint density at radius 3 is 2.55 bits per heavy atom. The summed E-state index contributed by atoms with van der Waals surface area (Å²) in [6, 6.07) is 5.75. The largest absolute Gasteiger partial charge is 0.456 e. The molecule has 0 radical (unpaired) electrons. The van der Waals surface area contributed by atoms with Gasteiger partial charge in [0.25, 0.3) is 5.56 Å². The number of nitrogens with one attached hydrogen (secondary N) is 1. The number of carbonyl (C=O) groups excluding carboxylic acids is 1. The van der Waals surface area contributed by atoms with Crippen LogP contribution in [0.5, 0.6) is 0 Å². The predicted molar refractivity (Wildman–Crippen MR) is 92.6 cm³/mol. The monoisotopic (exact) mass is 434 g/mol. The average Bonchev–Trinajstić information content (AvgIpc) is 3.03. The number of hydrogen-bond acceptors (Lipinski definition) is 6. The lowest BCUT2D eigenvalue weighted by Gasteiger charge is -2.16. The molecule has 3 rings (SSSR count). The van der Waals surface area contributed by atoms with E-state index in [2.05, 4.69) is 0 Å². The summed E-state index contributed by atoms with van der Waals surface area (Å²) < 4.78 is 50.1. The van der Waals surface area contributed by atoms with Crippen molar-refractivity contribution in [1.82, 2.24) is 9.55 Å². The molecule has 1 aromatic heterocycles. The van der Waals surface area contributed by atoms with Gasteiger partial charge in [-0.05, 0) is 24.3 Å². The van der Waals surface area contributed by atoms with Crippen LogP contribution in [0, 0.1) is 0 Å². The number of hydrogen-bond donors (Lipinski definition) is 2. The van der Waals surface area contributed by atoms with Crippen molar-refractivity contribution in [2.75, 3.05) is 6.61 Å². The number of carbonyl (C=O) groups is 1. The van der Waals surface area contributed by atoms with Crippen molar-refractivity contribution in [2.24, 2.45) is 0 Å². The maximum atomic E-state index is 13.0. The summed E-state index contributed by atoms with van der Waals surface area (Å²) in [7, 11) is 0. The fourth-order valence-corrected chi connectivity index (χ4v) is 2.98. The first-order valence-corrected chi connectivity index (χ1v) is 8.63. The fraction of sp³-hybridized carbons (Fsp3) is 0.353. The molecular formula is C17H14ClF3N2O6. The molecule has 29 heavy (non-hydrogen) atoms. The van der Waals surface area contributed by atoms with E-state index in [4.69, 9.17) is 21.1 Å². The molecule has 1 aliphatic heterocycles. The summed E-state index contributed by atoms with van der Waals surface area (Å²) in [4.78, 5) is 37.2. The van der Waals surface area contributed by atoms with Gasteiger partial charge in [0.05, 0.1) is 12.2 Å². The van der Waals surface area contributed by atoms with Gasteiger partial charge in [0.1, 0.15) is 24.0 Å². The average molecular weight is 435 g/mol. The third-order valence-corrected chi connectivity index (χ3v) is 4.53. The highest BCUT2D eigenvalue weighted by molar-refractivity contribution is 6.30. The van der Waals surface area contributed by atoms with E-state index >= 15 is 0 Å². The number of aliphatic hydroxyl groups excluding tert-OH is 1. The standard InChI is InChI=1S/C17H14ClF3N2O6/c18-9-3-1-8(2-4-9)15(26)29-11-5-13(28-12(11)7-24)23-6-10(17(19,20)21)14(25)22-16(23)27/h1-4,6,11-13,24H,5,7H2,(H,22,25,27)/t11-,12-,13-/m1/s1. The molecule has 2 N–H and O–H groups in total. The number of benzene rings is 1. The smallest absolute Gasteiger partial charge is 0.423 e. The van der Waals surface area contributed by atoms with Crippen molar-refractivity contribution >= 4 is 17.6 Å². The first-order valence-electron chi connectivity index (χ1n) is 8.25. The zero-order chi connectivity index (χ0) is 21.3. The van der Waals surface area contributed by atoms with Gasteiger partial charge >= 0.3 is 17.8 Å². The lowest BCUT2D eigenvalue weighted by Crippen LogP contribution is -2.36. The number of esters is 1. The molecule has 12 heteroatoms. The van der Waals surface area contributed by atoms with Crippen LogP contribution in [0.15, 0.2) is 40.1 Å². The number of H-pyrrole nitrogens is 1. The maximum Gasteiger partial charge on any atom is 0.423 e. The Labute approximate surface area is 165 Å². The lowest BCUT2D eigenvalue weighted by atomic mass is 10.1. The first-order chi connectivity index (χ1) is 13.6. The second-order valence-corrected chi connectivity index (χ2v) is 6.64. The Morgan fingerprint density at radius 1 is 1.31 bits per heavy atom. The SMILES string of the molecule is O=C(O[C@@H]1C[C@H](n2cc(C(F)(F)F)c(=O)[nH]c2=O)O[C@@H]1CO)c1ccc(Cl)cc1. The van der Waals surface area contributed by atoms with Crippen molar-refractivity contribution in [2.45, 2.75) is 31.0 Å². The summed E-state index contributed by atoms with van der Waals surface area (Å²) in [5.41, 5.74) is -4.13. The second-order valence-electron chi connectivity index (χ2n) is 6.21. The van der Waals surface area contributed by atoms with Crippen molar-refractivity contribution < 1.29 is 32.5 Å². The quantitative estimate of drug-likeness (QED) is 0.709. The van der Waals surface area contributed by atoms with Gasteiger partial charge < -0.3 is 14.6 Å². The number of rotatable bonds is 4. The molecule has 2 heterocycles. The molecule has 1 fully saturated rings. The zero-order valence-electron chi connectivity index (χ0n) is 14.5. The van der Waals surface area contributed by atoms with E-state index in [0.717, 1.165) is 0 Å². The van der Waals surface area contributed by atoms with Gasteiger partial charge in [-0.25, -0.2) is 9.59 Å². The molecule has 0 spiro atoms. The maximum absolute atomic E-state index is 13.0. The van der Waals surface area contributed by atoms with Crippen LogP contribution in [-0.4, -0.2) is 39.4 Å². The summed E-state index contributed by atoms with van der Waals surface area (Å²) in [5, 5.41) is 9.86. The van der Waals surface area contributed by atoms with Gasteiger partial charge in [-0.15, -0.1) is 0 Å². The molecule has 2 aromatic rings. The van der Waals surface area contributed by atoms with Crippen LogP contribution in [0.25, 0.3) is 0 Å². The number of ether oxygens (including phenoxy) is 2. The van der Waals surface area contributed by atoms with Crippen LogP contribution in [0.4, 0.5) is 13.2 Å². The van der Waals surface area contributed by atoms with E-state index in [9.17, 15) is 32.7 Å². The van der Waals surface area contributed by atoms with Crippen molar-refractivity contribution in [3.05, 3.63) is 67.4 Å². The van der Waals surface area contributed by atoms with Gasteiger partial charge in [-0.1, -0.05) is 11.6 Å². The predicted octanol–water partition coefficient (Wildman–Crippen LogP) is 1.71. The Balaban J connectivity index is 1.84. The molecule has 0 unspecified atom stereocenters. The summed E-state index contributed by atoms with van der Waals surface area (Å²) in [6.07, 6.45) is -8.28. The number of aromatic nitrogens is 2. The summed E-state index contributed by atoms with van der Waals surface area (Å²) >= 11 is 5.75. The van der Waals surface area contributed by atoms with Crippen molar-refractivity contribution in [3.63, 3.8) is 0 Å². The number of aromatic amines is 1. The normalized spacial score (nSPS) is 21.9. The van der Waals surface area contributed by atoms with Crippen LogP contribution in [0.3, 0.4) is 0 Å². The Bertz CT molecular complexity index is 1020. The van der Waals surface area contributed by atoms with E-state index < -0.39 is 54.0 Å². The third kappa shape index (κ3) is 4.52. The molecule has 0 amide bonds. The minimum Gasteiger partial charge on any atom is -0.456 e. The minimum atomic E-state index is -4.99. The molecule has 3 atom stereocenters. The van der Waals surface area contributed by atoms with Crippen LogP contribution < -0.4 is 11.2 Å². The van der Waals surface area contributed by atoms with Gasteiger partial charge in [0.2, 0.25) is 0 Å². The highest BCUT2D eigenvalue weighted by Gasteiger charge is 2.41. The molecule has 1 aliphatic rings. The Hall–Kier alpha value is -2.63.